The molecular formula is C17H17NO5. The summed E-state index contributed by atoms with van der Waals surface area (Å²) in [5.74, 6) is -1.02. The van der Waals surface area contributed by atoms with Crippen molar-refractivity contribution in [3.63, 3.8) is 0 Å². The average molecular weight is 315 g/mol. The first-order valence-electron chi connectivity index (χ1n) is 6.99. The van der Waals surface area contributed by atoms with Gasteiger partial charge in [0.25, 0.3) is 0 Å². The van der Waals surface area contributed by atoms with Gasteiger partial charge in [0.05, 0.1) is 0 Å². The van der Waals surface area contributed by atoms with E-state index in [1.807, 2.05) is 0 Å². The largest absolute Gasteiger partial charge is 0.508 e. The van der Waals surface area contributed by atoms with Crippen LogP contribution in [0, 0.1) is 0 Å². The molecule has 0 saturated heterocycles. The second-order valence-corrected chi connectivity index (χ2v) is 4.95. The van der Waals surface area contributed by atoms with E-state index in [-0.39, 0.29) is 12.3 Å². The summed E-state index contributed by atoms with van der Waals surface area (Å²) in [6, 6.07) is 11.9. The number of carboxylic acid groups (broad SMARTS) is 1. The van der Waals surface area contributed by atoms with Gasteiger partial charge in [-0.05, 0) is 23.8 Å². The predicted octanol–water partition coefficient (Wildman–Crippen LogP) is 2.23. The third-order valence-corrected chi connectivity index (χ3v) is 3.20. The molecule has 0 heterocycles. The number of nitrogens with one attached hydrogen (secondary N) is 1. The zero-order valence-corrected chi connectivity index (χ0v) is 12.5. The lowest BCUT2D eigenvalue weighted by Crippen LogP contribution is -2.28. The first-order valence-corrected chi connectivity index (χ1v) is 6.99. The zero-order chi connectivity index (χ0) is 16.8. The number of phenolic OH excluding ortho intramolecular Hbond substituents is 1. The highest BCUT2D eigenvalue weighted by atomic mass is 16.5. The van der Waals surface area contributed by atoms with E-state index in [9.17, 15) is 19.8 Å². The van der Waals surface area contributed by atoms with Crippen molar-refractivity contribution in [2.45, 2.75) is 19.5 Å². The van der Waals surface area contributed by atoms with Crippen molar-refractivity contribution in [1.29, 1.82) is 0 Å². The number of hydrogen-bond donors (Lipinski definition) is 3. The fourth-order valence-corrected chi connectivity index (χ4v) is 2.13. The Balaban J connectivity index is 2.15. The molecule has 23 heavy (non-hydrogen) atoms. The van der Waals surface area contributed by atoms with Crippen LogP contribution in [0.5, 0.6) is 11.5 Å². The van der Waals surface area contributed by atoms with Crippen molar-refractivity contribution in [1.82, 2.24) is 5.32 Å². The minimum absolute atomic E-state index is 0.0677. The third-order valence-electron chi connectivity index (χ3n) is 3.20. The molecule has 0 amide bonds. The number of para-hydroxylation sites is 1. The highest BCUT2D eigenvalue weighted by Crippen LogP contribution is 2.21. The Morgan fingerprint density at radius 1 is 1.13 bits per heavy atom. The van der Waals surface area contributed by atoms with Crippen LogP contribution in [0.25, 0.3) is 0 Å². The quantitative estimate of drug-likeness (QED) is 0.559. The number of ether oxygens (including phenoxy) is 1. The van der Waals surface area contributed by atoms with E-state index < -0.39 is 18.0 Å². The normalized spacial score (nSPS) is 11.7. The van der Waals surface area contributed by atoms with Gasteiger partial charge in [0, 0.05) is 19.0 Å². The van der Waals surface area contributed by atoms with Crippen LogP contribution < -0.4 is 10.1 Å². The summed E-state index contributed by atoms with van der Waals surface area (Å²) in [6.45, 7) is 1.52. The molecule has 0 spiro atoms. The van der Waals surface area contributed by atoms with Gasteiger partial charge in [0.1, 0.15) is 17.5 Å². The molecule has 1 atom stereocenters. The maximum absolute atomic E-state index is 11.5. The minimum Gasteiger partial charge on any atom is -0.508 e. The van der Waals surface area contributed by atoms with Gasteiger partial charge in [-0.1, -0.05) is 30.3 Å². The molecule has 0 aliphatic heterocycles. The number of carbonyl (C=O) groups is 2. The van der Waals surface area contributed by atoms with Crippen LogP contribution in [0.15, 0.2) is 48.5 Å². The van der Waals surface area contributed by atoms with E-state index >= 15 is 0 Å². The van der Waals surface area contributed by atoms with E-state index in [1.165, 1.54) is 19.1 Å². The van der Waals surface area contributed by atoms with E-state index in [0.29, 0.717) is 16.9 Å². The number of benzene rings is 2. The van der Waals surface area contributed by atoms with Crippen molar-refractivity contribution >= 4 is 11.9 Å². The first kappa shape index (κ1) is 16.5. The lowest BCUT2D eigenvalue weighted by molar-refractivity contribution is -0.139. The van der Waals surface area contributed by atoms with Crippen LogP contribution in [0.3, 0.4) is 0 Å². The van der Waals surface area contributed by atoms with E-state index in [0.717, 1.165) is 0 Å². The molecular weight excluding hydrogens is 298 g/mol. The second kappa shape index (κ2) is 7.42. The molecule has 6 nitrogen and oxygen atoms in total. The second-order valence-electron chi connectivity index (χ2n) is 4.95. The van der Waals surface area contributed by atoms with Crippen LogP contribution in [-0.4, -0.2) is 22.2 Å². The van der Waals surface area contributed by atoms with Gasteiger partial charge in [-0.25, -0.2) is 0 Å². The number of hydrogen-bond acceptors (Lipinski definition) is 5. The minimum atomic E-state index is -1.04. The molecule has 0 radical (unpaired) electrons. The lowest BCUT2D eigenvalue weighted by atomic mass is 10.1. The van der Waals surface area contributed by atoms with E-state index in [1.54, 1.807) is 36.4 Å². The molecule has 0 bridgehead atoms. The summed E-state index contributed by atoms with van der Waals surface area (Å²) >= 11 is 0. The Morgan fingerprint density at radius 2 is 1.78 bits per heavy atom. The standard InChI is InChI=1S/C17H17NO5/c1-11(19)23-15-5-3-2-4-13(15)10-18-16(17(21)22)12-6-8-14(20)9-7-12/h2-9,16,18,20H,10H2,1H3,(H,21,22). The Hall–Kier alpha value is -2.86. The molecule has 120 valence electrons. The van der Waals surface area contributed by atoms with Crippen LogP contribution in [-0.2, 0) is 16.1 Å². The Labute approximate surface area is 133 Å². The van der Waals surface area contributed by atoms with Crippen molar-refractivity contribution in [3.05, 3.63) is 59.7 Å². The van der Waals surface area contributed by atoms with Gasteiger partial charge in [0.2, 0.25) is 0 Å². The first-order chi connectivity index (χ1) is 11.0. The Bertz CT molecular complexity index is 696. The Kier molecular flexibility index (Phi) is 5.32. The third kappa shape index (κ3) is 4.55. The number of aliphatic carboxylic acids is 1. The summed E-state index contributed by atoms with van der Waals surface area (Å²) in [7, 11) is 0. The maximum Gasteiger partial charge on any atom is 0.325 e. The summed E-state index contributed by atoms with van der Waals surface area (Å²) in [5.41, 5.74) is 1.19. The summed E-state index contributed by atoms with van der Waals surface area (Å²) in [6.07, 6.45) is 0. The lowest BCUT2D eigenvalue weighted by Gasteiger charge is -2.16. The summed E-state index contributed by atoms with van der Waals surface area (Å²) in [4.78, 5) is 22.6. The molecule has 0 aliphatic rings. The molecule has 6 heteroatoms. The number of carboxylic acids is 1. The molecule has 0 aromatic heterocycles. The highest BCUT2D eigenvalue weighted by Gasteiger charge is 2.19. The maximum atomic E-state index is 11.5. The highest BCUT2D eigenvalue weighted by molar-refractivity contribution is 5.75. The number of esters is 1. The Morgan fingerprint density at radius 3 is 2.39 bits per heavy atom. The predicted molar refractivity (Wildman–Crippen MR) is 83.1 cm³/mol. The van der Waals surface area contributed by atoms with Crippen LogP contribution in [0.2, 0.25) is 0 Å². The smallest absolute Gasteiger partial charge is 0.325 e. The van der Waals surface area contributed by atoms with Crippen molar-refractivity contribution in [2.75, 3.05) is 0 Å². The SMILES string of the molecule is CC(=O)Oc1ccccc1CNC(C(=O)O)c1ccc(O)cc1. The molecule has 1 unspecified atom stereocenters. The number of phenols is 1. The number of carbonyl (C=O) groups excluding carboxylic acids is 1. The van der Waals surface area contributed by atoms with Gasteiger partial charge in [-0.2, -0.15) is 0 Å². The topological polar surface area (TPSA) is 95.9 Å². The van der Waals surface area contributed by atoms with Crippen molar-refractivity contribution < 1.29 is 24.5 Å². The van der Waals surface area contributed by atoms with Gasteiger partial charge >= 0.3 is 11.9 Å². The fourth-order valence-electron chi connectivity index (χ4n) is 2.13. The van der Waals surface area contributed by atoms with E-state index in [2.05, 4.69) is 5.32 Å². The summed E-state index contributed by atoms with van der Waals surface area (Å²) in [5, 5.41) is 21.6. The molecule has 0 aliphatic carbocycles. The molecule has 2 aromatic carbocycles. The molecule has 2 rings (SSSR count). The van der Waals surface area contributed by atoms with Gasteiger partial charge in [-0.15, -0.1) is 0 Å². The van der Waals surface area contributed by atoms with Crippen LogP contribution >= 0.6 is 0 Å². The van der Waals surface area contributed by atoms with Crippen LogP contribution in [0.1, 0.15) is 24.1 Å². The number of rotatable bonds is 6. The molecule has 2 aromatic rings. The summed E-state index contributed by atoms with van der Waals surface area (Å²) < 4.78 is 5.10. The fraction of sp³-hybridized carbons (Fsp3) is 0.176. The molecule has 0 fully saturated rings. The van der Waals surface area contributed by atoms with E-state index in [4.69, 9.17) is 4.74 Å². The average Bonchev–Trinajstić information content (AvgIpc) is 2.50. The number of aromatic hydroxyl groups is 1. The van der Waals surface area contributed by atoms with Crippen LogP contribution in [0.4, 0.5) is 0 Å². The van der Waals surface area contributed by atoms with Crippen molar-refractivity contribution in [2.24, 2.45) is 0 Å². The molecule has 3 N–H and O–H groups in total. The van der Waals surface area contributed by atoms with Gasteiger partial charge in [0.15, 0.2) is 0 Å². The monoisotopic (exact) mass is 315 g/mol. The van der Waals surface area contributed by atoms with Gasteiger partial charge in [-0.3, -0.25) is 14.9 Å². The zero-order valence-electron chi connectivity index (χ0n) is 12.5. The molecule has 0 saturated carbocycles. The van der Waals surface area contributed by atoms with Crippen molar-refractivity contribution in [3.8, 4) is 11.5 Å². The van der Waals surface area contributed by atoms with Gasteiger partial charge < -0.3 is 14.9 Å².